The van der Waals surface area contributed by atoms with Gasteiger partial charge in [0, 0.05) is 5.69 Å². The fraction of sp³-hybridized carbons (Fsp3) is 0.588. The van der Waals surface area contributed by atoms with Crippen molar-refractivity contribution in [3.05, 3.63) is 30.1 Å². The van der Waals surface area contributed by atoms with Crippen LogP contribution in [0.4, 0.5) is 10.1 Å². The second-order valence-electron chi connectivity index (χ2n) is 5.46. The van der Waals surface area contributed by atoms with Gasteiger partial charge in [0.15, 0.2) is 0 Å². The molecule has 2 N–H and O–H groups in total. The van der Waals surface area contributed by atoms with Crippen LogP contribution in [0.2, 0.25) is 0 Å². The molecule has 0 fully saturated rings. The number of carbonyl (C=O) groups is 1. The fourth-order valence-corrected chi connectivity index (χ4v) is 2.34. The molecule has 4 heteroatoms. The van der Waals surface area contributed by atoms with Crippen LogP contribution < -0.4 is 5.32 Å². The Kier molecular flexibility index (Phi) is 8.48. The average molecular weight is 295 g/mol. The predicted octanol–water partition coefficient (Wildman–Crippen LogP) is 4.83. The van der Waals surface area contributed by atoms with Gasteiger partial charge in [-0.25, -0.2) is 9.18 Å². The summed E-state index contributed by atoms with van der Waals surface area (Å²) in [5, 5.41) is 12.1. The van der Waals surface area contributed by atoms with Gasteiger partial charge in [-0.2, -0.15) is 0 Å². The van der Waals surface area contributed by atoms with Crippen molar-refractivity contribution >= 4 is 11.7 Å². The van der Waals surface area contributed by atoms with Gasteiger partial charge in [-0.1, -0.05) is 57.9 Å². The molecule has 1 aromatic rings. The number of carboxylic acid groups (broad SMARTS) is 1. The molecule has 0 saturated carbocycles. The third-order valence-electron chi connectivity index (χ3n) is 3.56. The van der Waals surface area contributed by atoms with Gasteiger partial charge < -0.3 is 10.4 Å². The summed E-state index contributed by atoms with van der Waals surface area (Å²) in [6.07, 6.45) is 8.66. The van der Waals surface area contributed by atoms with Crippen molar-refractivity contribution in [3.8, 4) is 0 Å². The second kappa shape index (κ2) is 10.2. The molecule has 0 aliphatic rings. The molecule has 1 aromatic carbocycles. The van der Waals surface area contributed by atoms with Crippen LogP contribution in [0, 0.1) is 5.82 Å². The molecule has 0 aliphatic carbocycles. The molecule has 0 aromatic heterocycles. The topological polar surface area (TPSA) is 49.3 Å². The maximum atomic E-state index is 13.1. The number of rotatable bonds is 11. The summed E-state index contributed by atoms with van der Waals surface area (Å²) in [4.78, 5) is 11.2. The highest BCUT2D eigenvalue weighted by Crippen LogP contribution is 2.15. The van der Waals surface area contributed by atoms with Gasteiger partial charge in [0.05, 0.1) is 0 Å². The molecular formula is C17H26FNO2. The summed E-state index contributed by atoms with van der Waals surface area (Å²) in [6.45, 7) is 2.19. The molecule has 0 aliphatic heterocycles. The van der Waals surface area contributed by atoms with Crippen molar-refractivity contribution in [2.45, 2.75) is 64.3 Å². The summed E-state index contributed by atoms with van der Waals surface area (Å²) in [7, 11) is 0. The van der Waals surface area contributed by atoms with Gasteiger partial charge in [0.25, 0.3) is 0 Å². The first-order valence-corrected chi connectivity index (χ1v) is 7.88. The minimum absolute atomic E-state index is 0.361. The summed E-state index contributed by atoms with van der Waals surface area (Å²) >= 11 is 0. The normalized spacial score (nSPS) is 12.1. The van der Waals surface area contributed by atoms with E-state index in [4.69, 9.17) is 0 Å². The van der Waals surface area contributed by atoms with E-state index in [0.717, 1.165) is 19.3 Å². The number of unbranched alkanes of at least 4 members (excludes halogenated alkanes) is 6. The van der Waals surface area contributed by atoms with E-state index >= 15 is 0 Å². The summed E-state index contributed by atoms with van der Waals surface area (Å²) in [5.41, 5.74) is 0.519. The molecule has 3 nitrogen and oxygen atoms in total. The molecule has 0 radical (unpaired) electrons. The van der Waals surface area contributed by atoms with Crippen LogP contribution in [0.3, 0.4) is 0 Å². The van der Waals surface area contributed by atoms with Crippen LogP contribution in [0.1, 0.15) is 58.3 Å². The van der Waals surface area contributed by atoms with E-state index in [9.17, 15) is 14.3 Å². The lowest BCUT2D eigenvalue weighted by atomic mass is 10.0. The molecule has 0 amide bonds. The highest BCUT2D eigenvalue weighted by Gasteiger charge is 2.16. The van der Waals surface area contributed by atoms with Crippen molar-refractivity contribution in [3.63, 3.8) is 0 Å². The minimum Gasteiger partial charge on any atom is -0.480 e. The highest BCUT2D eigenvalue weighted by atomic mass is 19.1. The Morgan fingerprint density at radius 1 is 1.19 bits per heavy atom. The Morgan fingerprint density at radius 3 is 2.48 bits per heavy atom. The molecule has 1 atom stereocenters. The first kappa shape index (κ1) is 17.5. The van der Waals surface area contributed by atoms with Crippen LogP contribution in [0.15, 0.2) is 24.3 Å². The van der Waals surface area contributed by atoms with Crippen LogP contribution in [-0.4, -0.2) is 17.1 Å². The third kappa shape index (κ3) is 7.69. The SMILES string of the molecule is CCCCCCCCCC(Nc1cccc(F)c1)C(=O)O. The lowest BCUT2D eigenvalue weighted by Crippen LogP contribution is -2.29. The molecule has 118 valence electrons. The summed E-state index contributed by atoms with van der Waals surface area (Å²) < 4.78 is 13.1. The Morgan fingerprint density at radius 2 is 1.86 bits per heavy atom. The second-order valence-corrected chi connectivity index (χ2v) is 5.46. The number of halogens is 1. The van der Waals surface area contributed by atoms with Crippen molar-refractivity contribution in [1.82, 2.24) is 0 Å². The lowest BCUT2D eigenvalue weighted by Gasteiger charge is -2.15. The molecule has 0 saturated heterocycles. The van der Waals surface area contributed by atoms with Crippen LogP contribution in [0.5, 0.6) is 0 Å². The van der Waals surface area contributed by atoms with E-state index in [1.807, 2.05) is 0 Å². The van der Waals surface area contributed by atoms with Crippen LogP contribution in [-0.2, 0) is 4.79 Å². The largest absolute Gasteiger partial charge is 0.480 e. The molecule has 21 heavy (non-hydrogen) atoms. The van der Waals surface area contributed by atoms with E-state index in [0.29, 0.717) is 12.1 Å². The lowest BCUT2D eigenvalue weighted by molar-refractivity contribution is -0.138. The van der Waals surface area contributed by atoms with E-state index in [-0.39, 0.29) is 5.82 Å². The van der Waals surface area contributed by atoms with Gasteiger partial charge in [-0.3, -0.25) is 0 Å². The number of benzene rings is 1. The molecular weight excluding hydrogens is 269 g/mol. The summed E-state index contributed by atoms with van der Waals surface area (Å²) in [5.74, 6) is -1.25. The Hall–Kier alpha value is -1.58. The van der Waals surface area contributed by atoms with Gasteiger partial charge in [0.1, 0.15) is 11.9 Å². The van der Waals surface area contributed by atoms with Crippen molar-refractivity contribution in [2.24, 2.45) is 0 Å². The van der Waals surface area contributed by atoms with E-state index in [1.165, 1.54) is 37.8 Å². The smallest absolute Gasteiger partial charge is 0.326 e. The van der Waals surface area contributed by atoms with E-state index < -0.39 is 12.0 Å². The van der Waals surface area contributed by atoms with Crippen LogP contribution in [0.25, 0.3) is 0 Å². The molecule has 0 bridgehead atoms. The zero-order chi connectivity index (χ0) is 15.5. The first-order valence-electron chi connectivity index (χ1n) is 7.88. The molecule has 0 spiro atoms. The number of nitrogens with one attached hydrogen (secondary N) is 1. The van der Waals surface area contributed by atoms with Crippen molar-refractivity contribution < 1.29 is 14.3 Å². The first-order chi connectivity index (χ1) is 10.1. The van der Waals surface area contributed by atoms with Crippen molar-refractivity contribution in [2.75, 3.05) is 5.32 Å². The summed E-state index contributed by atoms with van der Waals surface area (Å²) in [6, 6.07) is 5.27. The van der Waals surface area contributed by atoms with Gasteiger partial charge >= 0.3 is 5.97 Å². The van der Waals surface area contributed by atoms with Crippen molar-refractivity contribution in [1.29, 1.82) is 0 Å². The monoisotopic (exact) mass is 295 g/mol. The zero-order valence-corrected chi connectivity index (χ0v) is 12.8. The number of hydrogen-bond acceptors (Lipinski definition) is 2. The zero-order valence-electron chi connectivity index (χ0n) is 12.8. The third-order valence-corrected chi connectivity index (χ3v) is 3.56. The quantitative estimate of drug-likeness (QED) is 0.575. The van der Waals surface area contributed by atoms with Gasteiger partial charge in [-0.05, 0) is 24.6 Å². The van der Waals surface area contributed by atoms with E-state index in [1.54, 1.807) is 12.1 Å². The average Bonchev–Trinajstić information content (AvgIpc) is 2.45. The number of carboxylic acids is 1. The van der Waals surface area contributed by atoms with Gasteiger partial charge in [0.2, 0.25) is 0 Å². The molecule has 0 heterocycles. The standard InChI is InChI=1S/C17H26FNO2/c1-2-3-4-5-6-7-8-12-16(17(20)21)19-15-11-9-10-14(18)13-15/h9-11,13,16,19H,2-8,12H2,1H3,(H,20,21). The van der Waals surface area contributed by atoms with Gasteiger partial charge in [-0.15, -0.1) is 0 Å². The highest BCUT2D eigenvalue weighted by molar-refractivity contribution is 5.77. The molecule has 1 unspecified atom stereocenters. The maximum absolute atomic E-state index is 13.1. The minimum atomic E-state index is -0.884. The van der Waals surface area contributed by atoms with E-state index in [2.05, 4.69) is 12.2 Å². The van der Waals surface area contributed by atoms with Crippen LogP contribution >= 0.6 is 0 Å². The maximum Gasteiger partial charge on any atom is 0.326 e. The number of anilines is 1. The Bertz CT molecular complexity index is 423. The number of hydrogen-bond donors (Lipinski definition) is 2. The molecule has 1 rings (SSSR count). The Labute approximate surface area is 126 Å². The fourth-order valence-electron chi connectivity index (χ4n) is 2.34. The number of aliphatic carboxylic acids is 1. The predicted molar refractivity (Wildman–Crippen MR) is 84.1 cm³/mol. The Balaban J connectivity index is 2.29.